The number of alkyl halides is 1. The Balaban J connectivity index is 2.24. The minimum Gasteiger partial charge on any atom is -0.493 e. The summed E-state index contributed by atoms with van der Waals surface area (Å²) in [7, 11) is 1.59. The summed E-state index contributed by atoms with van der Waals surface area (Å²) in [5.74, 6) is 2.04. The molecular formula is C13H15BrClN3O2. The molecule has 20 heavy (non-hydrogen) atoms. The summed E-state index contributed by atoms with van der Waals surface area (Å²) in [6.07, 6.45) is 1.52. The first kappa shape index (κ1) is 15.1. The third kappa shape index (κ3) is 3.24. The number of ether oxygens (including phenoxy) is 2. The average Bonchev–Trinajstić information content (AvgIpc) is 2.92. The van der Waals surface area contributed by atoms with Crippen LogP contribution in [0.25, 0.3) is 0 Å². The van der Waals surface area contributed by atoms with Gasteiger partial charge in [-0.1, -0.05) is 27.5 Å². The maximum absolute atomic E-state index is 6.04. The molecule has 108 valence electrons. The number of hydrogen-bond donors (Lipinski definition) is 0. The van der Waals surface area contributed by atoms with Gasteiger partial charge in [0, 0.05) is 28.5 Å². The normalized spacial score (nSPS) is 10.6. The van der Waals surface area contributed by atoms with E-state index in [9.17, 15) is 0 Å². The molecule has 7 heteroatoms. The molecule has 0 atom stereocenters. The molecule has 1 aromatic heterocycles. The molecule has 0 aliphatic rings. The van der Waals surface area contributed by atoms with E-state index in [4.69, 9.17) is 21.1 Å². The Kier molecular flexibility index (Phi) is 5.25. The average molecular weight is 361 g/mol. The standard InChI is InChI=1S/C13H15BrClN3O2/c1-3-18-12(16-8-17-18)7-20-13-9(6-14)4-10(15)5-11(13)19-2/h4-5,8H,3,6-7H2,1-2H3. The van der Waals surface area contributed by atoms with E-state index in [1.807, 2.05) is 13.0 Å². The monoisotopic (exact) mass is 359 g/mol. The molecule has 0 unspecified atom stereocenters. The molecule has 1 heterocycles. The van der Waals surface area contributed by atoms with Crippen molar-refractivity contribution in [2.24, 2.45) is 0 Å². The van der Waals surface area contributed by atoms with Gasteiger partial charge in [-0.15, -0.1) is 0 Å². The van der Waals surface area contributed by atoms with Gasteiger partial charge < -0.3 is 9.47 Å². The second-order valence-corrected chi connectivity index (χ2v) is 5.01. The van der Waals surface area contributed by atoms with Crippen molar-refractivity contribution in [3.8, 4) is 11.5 Å². The van der Waals surface area contributed by atoms with E-state index in [2.05, 4.69) is 26.0 Å². The predicted molar refractivity (Wildman–Crippen MR) is 80.7 cm³/mol. The second kappa shape index (κ2) is 6.95. The topological polar surface area (TPSA) is 49.2 Å². The molecular weight excluding hydrogens is 346 g/mol. The lowest BCUT2D eigenvalue weighted by molar-refractivity contribution is 0.268. The molecule has 5 nitrogen and oxygen atoms in total. The van der Waals surface area contributed by atoms with Gasteiger partial charge in [-0.25, -0.2) is 9.67 Å². The van der Waals surface area contributed by atoms with Crippen LogP contribution in [0.15, 0.2) is 18.5 Å². The fraction of sp³-hybridized carbons (Fsp3) is 0.385. The van der Waals surface area contributed by atoms with Crippen molar-refractivity contribution in [1.82, 2.24) is 14.8 Å². The number of halogens is 2. The summed E-state index contributed by atoms with van der Waals surface area (Å²) in [6.45, 7) is 3.08. The second-order valence-electron chi connectivity index (χ2n) is 4.01. The fourth-order valence-electron chi connectivity index (χ4n) is 1.84. The first-order valence-electron chi connectivity index (χ1n) is 6.11. The van der Waals surface area contributed by atoms with Gasteiger partial charge in [0.25, 0.3) is 0 Å². The lowest BCUT2D eigenvalue weighted by Gasteiger charge is -2.14. The third-order valence-corrected chi connectivity index (χ3v) is 3.62. The van der Waals surface area contributed by atoms with Crippen LogP contribution in [0.3, 0.4) is 0 Å². The van der Waals surface area contributed by atoms with E-state index < -0.39 is 0 Å². The zero-order valence-electron chi connectivity index (χ0n) is 11.3. The van der Waals surface area contributed by atoms with E-state index in [1.165, 1.54) is 6.33 Å². The molecule has 1 aromatic carbocycles. The quantitative estimate of drug-likeness (QED) is 0.741. The highest BCUT2D eigenvalue weighted by molar-refractivity contribution is 9.08. The summed E-state index contributed by atoms with van der Waals surface area (Å²) in [6, 6.07) is 3.58. The molecule has 0 spiro atoms. The van der Waals surface area contributed by atoms with E-state index in [1.54, 1.807) is 17.9 Å². The molecule has 2 rings (SSSR count). The van der Waals surface area contributed by atoms with Crippen molar-refractivity contribution in [3.05, 3.63) is 34.9 Å². The molecule has 0 saturated carbocycles. The molecule has 0 saturated heterocycles. The Hall–Kier alpha value is -1.27. The highest BCUT2D eigenvalue weighted by Gasteiger charge is 2.13. The zero-order chi connectivity index (χ0) is 14.5. The van der Waals surface area contributed by atoms with Crippen molar-refractivity contribution in [1.29, 1.82) is 0 Å². The van der Waals surface area contributed by atoms with Gasteiger partial charge in [0.15, 0.2) is 17.3 Å². The van der Waals surface area contributed by atoms with E-state index in [0.29, 0.717) is 28.5 Å². The summed E-state index contributed by atoms with van der Waals surface area (Å²) >= 11 is 9.47. The first-order valence-corrected chi connectivity index (χ1v) is 7.61. The van der Waals surface area contributed by atoms with Crippen molar-refractivity contribution in [2.45, 2.75) is 25.4 Å². The molecule has 0 aliphatic heterocycles. The van der Waals surface area contributed by atoms with Gasteiger partial charge in [0.2, 0.25) is 0 Å². The first-order chi connectivity index (χ1) is 9.69. The maximum Gasteiger partial charge on any atom is 0.165 e. The number of hydrogen-bond acceptors (Lipinski definition) is 4. The van der Waals surface area contributed by atoms with Crippen LogP contribution in [-0.2, 0) is 18.5 Å². The molecule has 0 fully saturated rings. The van der Waals surface area contributed by atoms with Crippen LogP contribution in [0.2, 0.25) is 5.02 Å². The smallest absolute Gasteiger partial charge is 0.165 e. The van der Waals surface area contributed by atoms with Crippen LogP contribution < -0.4 is 9.47 Å². The Bertz CT molecular complexity index is 564. The lowest BCUT2D eigenvalue weighted by Crippen LogP contribution is -2.08. The predicted octanol–water partition coefficient (Wildman–Crippen LogP) is 3.43. The van der Waals surface area contributed by atoms with Crippen LogP contribution >= 0.6 is 27.5 Å². The molecule has 0 bridgehead atoms. The van der Waals surface area contributed by atoms with Crippen molar-refractivity contribution in [3.63, 3.8) is 0 Å². The van der Waals surface area contributed by atoms with E-state index in [0.717, 1.165) is 17.9 Å². The minimum absolute atomic E-state index is 0.325. The SMILES string of the molecule is CCn1ncnc1COc1c(CBr)cc(Cl)cc1OC. The van der Waals surface area contributed by atoms with Crippen LogP contribution in [0.1, 0.15) is 18.3 Å². The van der Waals surface area contributed by atoms with Gasteiger partial charge in [-0.2, -0.15) is 5.10 Å². The van der Waals surface area contributed by atoms with Crippen molar-refractivity contribution < 1.29 is 9.47 Å². The van der Waals surface area contributed by atoms with Crippen LogP contribution in [-0.4, -0.2) is 21.9 Å². The Morgan fingerprint density at radius 2 is 2.20 bits per heavy atom. The Morgan fingerprint density at radius 1 is 1.40 bits per heavy atom. The maximum atomic E-state index is 6.04. The van der Waals surface area contributed by atoms with Crippen LogP contribution in [0.4, 0.5) is 0 Å². The largest absolute Gasteiger partial charge is 0.493 e. The minimum atomic E-state index is 0.325. The Labute approximate surface area is 131 Å². The molecule has 2 aromatic rings. The van der Waals surface area contributed by atoms with Gasteiger partial charge in [-0.05, 0) is 13.0 Å². The number of rotatable bonds is 6. The summed E-state index contributed by atoms with van der Waals surface area (Å²) in [5.41, 5.74) is 0.928. The van der Waals surface area contributed by atoms with Gasteiger partial charge in [-0.3, -0.25) is 0 Å². The third-order valence-electron chi connectivity index (χ3n) is 2.80. The number of aromatic nitrogens is 3. The van der Waals surface area contributed by atoms with Gasteiger partial charge in [0.05, 0.1) is 7.11 Å². The molecule has 0 radical (unpaired) electrons. The number of aryl methyl sites for hydroxylation is 1. The summed E-state index contributed by atoms with van der Waals surface area (Å²) in [5, 5.41) is 5.35. The molecule has 0 aliphatic carbocycles. The lowest BCUT2D eigenvalue weighted by atomic mass is 10.2. The van der Waals surface area contributed by atoms with Gasteiger partial charge >= 0.3 is 0 Å². The highest BCUT2D eigenvalue weighted by atomic mass is 79.9. The zero-order valence-corrected chi connectivity index (χ0v) is 13.6. The summed E-state index contributed by atoms with van der Waals surface area (Å²) < 4.78 is 13.0. The number of nitrogens with zero attached hydrogens (tertiary/aromatic N) is 3. The van der Waals surface area contributed by atoms with E-state index >= 15 is 0 Å². The van der Waals surface area contributed by atoms with Crippen molar-refractivity contribution >= 4 is 27.5 Å². The van der Waals surface area contributed by atoms with Crippen LogP contribution in [0, 0.1) is 0 Å². The molecule has 0 amide bonds. The van der Waals surface area contributed by atoms with Gasteiger partial charge in [0.1, 0.15) is 12.9 Å². The van der Waals surface area contributed by atoms with Crippen LogP contribution in [0.5, 0.6) is 11.5 Å². The highest BCUT2D eigenvalue weighted by Crippen LogP contribution is 2.36. The molecule has 0 N–H and O–H groups in total. The number of benzene rings is 1. The van der Waals surface area contributed by atoms with Crippen molar-refractivity contribution in [2.75, 3.05) is 7.11 Å². The summed E-state index contributed by atoms with van der Waals surface area (Å²) in [4.78, 5) is 4.18. The number of methoxy groups -OCH3 is 1. The van der Waals surface area contributed by atoms with E-state index in [-0.39, 0.29) is 0 Å². The fourth-order valence-corrected chi connectivity index (χ4v) is 2.49. The Morgan fingerprint density at radius 3 is 2.85 bits per heavy atom.